The molecule has 0 spiro atoms. The predicted molar refractivity (Wildman–Crippen MR) is 125 cm³/mol. The zero-order valence-corrected chi connectivity index (χ0v) is 18.3. The van der Waals surface area contributed by atoms with Crippen molar-refractivity contribution in [2.45, 2.75) is 26.8 Å². The molecule has 2 amide bonds. The van der Waals surface area contributed by atoms with Crippen LogP contribution in [0.2, 0.25) is 0 Å². The highest BCUT2D eigenvalue weighted by molar-refractivity contribution is 6.24. The van der Waals surface area contributed by atoms with Gasteiger partial charge in [-0.25, -0.2) is 5.48 Å². The van der Waals surface area contributed by atoms with Gasteiger partial charge in [-0.05, 0) is 60.7 Å². The fourth-order valence-electron chi connectivity index (χ4n) is 3.94. The molecule has 0 radical (unpaired) electrons. The van der Waals surface area contributed by atoms with Gasteiger partial charge in [0.25, 0.3) is 11.8 Å². The molecule has 5 heteroatoms. The van der Waals surface area contributed by atoms with Crippen LogP contribution in [0.1, 0.15) is 43.7 Å². The molecule has 0 aromatic heterocycles. The van der Waals surface area contributed by atoms with Crippen molar-refractivity contribution in [1.82, 2.24) is 10.4 Å². The van der Waals surface area contributed by atoms with Crippen molar-refractivity contribution < 1.29 is 14.8 Å². The van der Waals surface area contributed by atoms with Gasteiger partial charge >= 0.3 is 0 Å². The Morgan fingerprint density at radius 1 is 0.875 bits per heavy atom. The van der Waals surface area contributed by atoms with Crippen molar-refractivity contribution in [3.8, 4) is 0 Å². The third-order valence-electron chi connectivity index (χ3n) is 5.85. The summed E-state index contributed by atoms with van der Waals surface area (Å²) < 4.78 is 0. The molecule has 5 nitrogen and oxygen atoms in total. The molecule has 0 fully saturated rings. The number of fused-ring (bicyclic) bond motifs is 1. The van der Waals surface area contributed by atoms with Gasteiger partial charge in [0.15, 0.2) is 0 Å². The molecule has 0 bridgehead atoms. The predicted octanol–water partition coefficient (Wildman–Crippen LogP) is 4.55. The molecule has 3 aromatic rings. The molecule has 162 valence electrons. The molecule has 0 saturated carbocycles. The van der Waals surface area contributed by atoms with Crippen molar-refractivity contribution in [2.75, 3.05) is 6.54 Å². The van der Waals surface area contributed by atoms with Gasteiger partial charge in [0.05, 0.1) is 0 Å². The van der Waals surface area contributed by atoms with E-state index in [0.717, 1.165) is 27.8 Å². The first-order valence-electron chi connectivity index (χ1n) is 10.7. The molecule has 0 atom stereocenters. The summed E-state index contributed by atoms with van der Waals surface area (Å²) in [5.74, 6) is -0.604. The first kappa shape index (κ1) is 21.5. The lowest BCUT2D eigenvalue weighted by molar-refractivity contribution is -0.125. The number of nitrogens with one attached hydrogen (secondary N) is 1. The van der Waals surface area contributed by atoms with Gasteiger partial charge in [-0.1, -0.05) is 65.7 Å². The number of nitrogens with zero attached hydrogens (tertiary/aromatic N) is 1. The van der Waals surface area contributed by atoms with E-state index in [2.05, 4.69) is 0 Å². The van der Waals surface area contributed by atoms with E-state index in [1.54, 1.807) is 17.6 Å². The van der Waals surface area contributed by atoms with Crippen molar-refractivity contribution >= 4 is 23.5 Å². The summed E-state index contributed by atoms with van der Waals surface area (Å²) in [5.41, 5.74) is 8.86. The van der Waals surface area contributed by atoms with E-state index in [1.165, 1.54) is 5.56 Å². The summed E-state index contributed by atoms with van der Waals surface area (Å²) in [5, 5.41) is 8.94. The lowest BCUT2D eigenvalue weighted by Crippen LogP contribution is -2.36. The zero-order valence-electron chi connectivity index (χ0n) is 18.3. The highest BCUT2D eigenvalue weighted by Crippen LogP contribution is 2.26. The molecule has 0 aliphatic carbocycles. The normalized spacial score (nSPS) is 13.5. The van der Waals surface area contributed by atoms with Gasteiger partial charge in [-0.3, -0.25) is 14.8 Å². The van der Waals surface area contributed by atoms with Crippen LogP contribution >= 0.6 is 0 Å². The quantitative estimate of drug-likeness (QED) is 0.278. The average molecular weight is 427 g/mol. The molecule has 1 heterocycles. The van der Waals surface area contributed by atoms with Crippen molar-refractivity contribution in [3.05, 3.63) is 106 Å². The number of benzene rings is 3. The Hall–Kier alpha value is -3.70. The number of amides is 2. The number of carbonyl (C=O) groups excluding carboxylic acids is 2. The second kappa shape index (κ2) is 9.20. The minimum absolute atomic E-state index is 0.0444. The highest BCUT2D eigenvalue weighted by Gasteiger charge is 2.25. The number of aryl methyl sites for hydroxylation is 2. The molecule has 32 heavy (non-hydrogen) atoms. The van der Waals surface area contributed by atoms with Crippen LogP contribution in [-0.4, -0.2) is 28.5 Å². The van der Waals surface area contributed by atoms with E-state index in [9.17, 15) is 9.59 Å². The number of carbonyl (C=O) groups is 2. The molecule has 4 rings (SSSR count). The van der Waals surface area contributed by atoms with E-state index in [-0.39, 0.29) is 5.91 Å². The Bertz CT molecular complexity index is 1180. The summed E-state index contributed by atoms with van der Waals surface area (Å²) in [7, 11) is 0. The van der Waals surface area contributed by atoms with Gasteiger partial charge in [-0.15, -0.1) is 0 Å². The van der Waals surface area contributed by atoms with E-state index in [4.69, 9.17) is 5.21 Å². The summed E-state index contributed by atoms with van der Waals surface area (Å²) >= 11 is 0. The minimum Gasteiger partial charge on any atom is -0.334 e. The Kier molecular flexibility index (Phi) is 6.19. The topological polar surface area (TPSA) is 69.6 Å². The Morgan fingerprint density at radius 2 is 1.50 bits per heavy atom. The lowest BCUT2D eigenvalue weighted by atomic mass is 9.95. The van der Waals surface area contributed by atoms with Gasteiger partial charge in [0.1, 0.15) is 0 Å². The summed E-state index contributed by atoms with van der Waals surface area (Å²) in [6.45, 7) is 5.08. The second-order valence-electron chi connectivity index (χ2n) is 8.24. The molecule has 1 aliphatic heterocycles. The van der Waals surface area contributed by atoms with Crippen LogP contribution in [0, 0.1) is 13.8 Å². The second-order valence-corrected chi connectivity index (χ2v) is 8.24. The maximum absolute atomic E-state index is 13.7. The van der Waals surface area contributed by atoms with E-state index in [1.807, 2.05) is 79.4 Å². The first-order valence-corrected chi connectivity index (χ1v) is 10.7. The molecule has 3 aromatic carbocycles. The zero-order chi connectivity index (χ0) is 22.7. The van der Waals surface area contributed by atoms with Gasteiger partial charge in [0, 0.05) is 24.2 Å². The van der Waals surface area contributed by atoms with Crippen molar-refractivity contribution in [3.63, 3.8) is 0 Å². The van der Waals surface area contributed by atoms with Crippen LogP contribution in [0.15, 0.2) is 66.7 Å². The number of hydrogen-bond donors (Lipinski definition) is 2. The molecule has 1 aliphatic rings. The molecule has 0 saturated heterocycles. The third-order valence-corrected chi connectivity index (χ3v) is 5.85. The standard InChI is InChI=1S/C27H26N2O3/c1-18-3-7-20(8-4-18)15-25(22-9-5-19(2)6-10-22)27(31)29-14-13-21-11-12-23(26(30)28-32)16-24(21)17-29/h3-12,15-16,32H,13-14,17H2,1-2H3,(H,28,30). The number of rotatable bonds is 4. The SMILES string of the molecule is Cc1ccc(C=C(C(=O)N2CCc3ccc(C(=O)NO)cc3C2)c2ccc(C)cc2)cc1. The number of hydrogen-bond acceptors (Lipinski definition) is 3. The van der Waals surface area contributed by atoms with E-state index >= 15 is 0 Å². The number of hydroxylamine groups is 1. The summed E-state index contributed by atoms with van der Waals surface area (Å²) in [6, 6.07) is 21.4. The summed E-state index contributed by atoms with van der Waals surface area (Å²) in [4.78, 5) is 27.3. The van der Waals surface area contributed by atoms with E-state index < -0.39 is 5.91 Å². The maximum Gasteiger partial charge on any atom is 0.274 e. The smallest absolute Gasteiger partial charge is 0.274 e. The van der Waals surface area contributed by atoms with Crippen LogP contribution in [0.5, 0.6) is 0 Å². The fourth-order valence-corrected chi connectivity index (χ4v) is 3.94. The average Bonchev–Trinajstić information content (AvgIpc) is 2.82. The minimum atomic E-state index is -0.559. The van der Waals surface area contributed by atoms with Gasteiger partial charge in [0.2, 0.25) is 0 Å². The maximum atomic E-state index is 13.7. The third kappa shape index (κ3) is 4.63. The Balaban J connectivity index is 1.68. The van der Waals surface area contributed by atoms with Crippen molar-refractivity contribution in [2.24, 2.45) is 0 Å². The Morgan fingerprint density at radius 3 is 2.16 bits per heavy atom. The highest BCUT2D eigenvalue weighted by atomic mass is 16.5. The summed E-state index contributed by atoms with van der Waals surface area (Å²) in [6.07, 6.45) is 2.66. The van der Waals surface area contributed by atoms with Gasteiger partial charge in [-0.2, -0.15) is 0 Å². The molecule has 2 N–H and O–H groups in total. The van der Waals surface area contributed by atoms with Crippen LogP contribution in [0.25, 0.3) is 11.6 Å². The van der Waals surface area contributed by atoms with E-state index in [0.29, 0.717) is 30.6 Å². The molecular formula is C27H26N2O3. The fraction of sp³-hybridized carbons (Fsp3) is 0.185. The van der Waals surface area contributed by atoms with Crippen LogP contribution < -0.4 is 5.48 Å². The molecular weight excluding hydrogens is 400 g/mol. The van der Waals surface area contributed by atoms with Crippen molar-refractivity contribution in [1.29, 1.82) is 0 Å². The van der Waals surface area contributed by atoms with Crippen LogP contribution in [-0.2, 0) is 17.8 Å². The largest absolute Gasteiger partial charge is 0.334 e. The van der Waals surface area contributed by atoms with Gasteiger partial charge < -0.3 is 4.90 Å². The lowest BCUT2D eigenvalue weighted by Gasteiger charge is -2.30. The van der Waals surface area contributed by atoms with Crippen LogP contribution in [0.4, 0.5) is 0 Å². The van der Waals surface area contributed by atoms with Crippen LogP contribution in [0.3, 0.4) is 0 Å². The first-order chi connectivity index (χ1) is 15.4. The Labute approximate surface area is 188 Å². The molecule has 0 unspecified atom stereocenters. The monoisotopic (exact) mass is 426 g/mol.